The first-order valence-electron chi connectivity index (χ1n) is 7.36. The van der Waals surface area contributed by atoms with E-state index in [-0.39, 0.29) is 0 Å². The third-order valence-corrected chi connectivity index (χ3v) is 3.86. The zero-order valence-electron chi connectivity index (χ0n) is 12.7. The molecule has 0 aromatic heterocycles. The van der Waals surface area contributed by atoms with Gasteiger partial charge in [0.05, 0.1) is 0 Å². The molecule has 108 valence electrons. The van der Waals surface area contributed by atoms with Gasteiger partial charge in [-0.3, -0.25) is 0 Å². The number of rotatable bonds is 6. The highest BCUT2D eigenvalue weighted by Crippen LogP contribution is 2.26. The molecule has 1 saturated heterocycles. The van der Waals surface area contributed by atoms with Gasteiger partial charge in [-0.25, -0.2) is 0 Å². The van der Waals surface area contributed by atoms with Crippen LogP contribution in [0, 0.1) is 17.3 Å². The van der Waals surface area contributed by atoms with E-state index in [9.17, 15) is 0 Å². The Labute approximate surface area is 113 Å². The molecule has 1 aliphatic rings. The van der Waals surface area contributed by atoms with Crippen molar-refractivity contribution in [1.29, 1.82) is 0 Å². The minimum atomic E-state index is 0.387. The Kier molecular flexibility index (Phi) is 6.61. The molecule has 0 bridgehead atoms. The van der Waals surface area contributed by atoms with Crippen molar-refractivity contribution in [3.63, 3.8) is 0 Å². The lowest BCUT2D eigenvalue weighted by atomic mass is 9.84. The fourth-order valence-electron chi connectivity index (χ4n) is 3.02. The van der Waals surface area contributed by atoms with Crippen LogP contribution in [0.15, 0.2) is 0 Å². The van der Waals surface area contributed by atoms with Gasteiger partial charge in [-0.05, 0) is 56.1 Å². The van der Waals surface area contributed by atoms with Crippen molar-refractivity contribution in [2.75, 3.05) is 39.9 Å². The number of piperidine rings is 1. The van der Waals surface area contributed by atoms with Crippen molar-refractivity contribution in [1.82, 2.24) is 4.90 Å². The Morgan fingerprint density at radius 1 is 1.28 bits per heavy atom. The molecule has 18 heavy (non-hydrogen) atoms. The average Bonchev–Trinajstić information content (AvgIpc) is 2.29. The third kappa shape index (κ3) is 6.17. The zero-order chi connectivity index (χ0) is 13.6. The van der Waals surface area contributed by atoms with Gasteiger partial charge in [-0.1, -0.05) is 20.8 Å². The molecule has 1 rings (SSSR count). The maximum Gasteiger partial charge on any atom is 0.0491 e. The van der Waals surface area contributed by atoms with Crippen LogP contribution in [-0.2, 0) is 4.74 Å². The minimum absolute atomic E-state index is 0.387. The van der Waals surface area contributed by atoms with Crippen molar-refractivity contribution < 1.29 is 4.74 Å². The van der Waals surface area contributed by atoms with Crippen LogP contribution in [0.25, 0.3) is 0 Å². The lowest BCUT2D eigenvalue weighted by Gasteiger charge is -2.35. The lowest BCUT2D eigenvalue weighted by molar-refractivity contribution is 0.0888. The van der Waals surface area contributed by atoms with Crippen LogP contribution in [0.3, 0.4) is 0 Å². The Hall–Kier alpha value is -0.120. The van der Waals surface area contributed by atoms with Gasteiger partial charge >= 0.3 is 0 Å². The molecular weight excluding hydrogens is 224 g/mol. The molecule has 0 aromatic carbocycles. The Bertz CT molecular complexity index is 217. The van der Waals surface area contributed by atoms with E-state index in [1.807, 2.05) is 0 Å². The predicted molar refractivity (Wildman–Crippen MR) is 77.7 cm³/mol. The molecule has 0 aliphatic carbocycles. The number of likely N-dealkylation sites (tertiary alicyclic amines) is 1. The third-order valence-electron chi connectivity index (χ3n) is 3.86. The van der Waals surface area contributed by atoms with Crippen LogP contribution < -0.4 is 5.73 Å². The van der Waals surface area contributed by atoms with E-state index in [1.54, 1.807) is 7.11 Å². The molecular formula is C15H32N2O. The summed E-state index contributed by atoms with van der Waals surface area (Å²) in [6.07, 6.45) is 3.78. The smallest absolute Gasteiger partial charge is 0.0491 e. The number of nitrogens with two attached hydrogens (primary N) is 1. The molecule has 1 aliphatic heterocycles. The molecule has 0 amide bonds. The highest BCUT2D eigenvalue weighted by Gasteiger charge is 2.23. The average molecular weight is 256 g/mol. The Morgan fingerprint density at radius 2 is 1.89 bits per heavy atom. The maximum absolute atomic E-state index is 5.93. The quantitative estimate of drug-likeness (QED) is 0.793. The van der Waals surface area contributed by atoms with Crippen molar-refractivity contribution in [3.8, 4) is 0 Å². The standard InChI is InChI=1S/C15H32N2O/c1-15(2,3)9-14(10-16)11-17-7-5-13(6-8-17)12-18-4/h13-14H,5-12,16H2,1-4H3. The van der Waals surface area contributed by atoms with Gasteiger partial charge in [0.15, 0.2) is 0 Å². The van der Waals surface area contributed by atoms with Crippen molar-refractivity contribution in [2.45, 2.75) is 40.0 Å². The summed E-state index contributed by atoms with van der Waals surface area (Å²) in [5.41, 5.74) is 6.31. The molecule has 1 fully saturated rings. The predicted octanol–water partition coefficient (Wildman–Crippen LogP) is 2.36. The topological polar surface area (TPSA) is 38.5 Å². The van der Waals surface area contributed by atoms with Crippen LogP contribution >= 0.6 is 0 Å². The minimum Gasteiger partial charge on any atom is -0.384 e. The molecule has 3 nitrogen and oxygen atoms in total. The second-order valence-corrected chi connectivity index (χ2v) is 7.07. The Balaban J connectivity index is 2.30. The lowest BCUT2D eigenvalue weighted by Crippen LogP contribution is -2.40. The summed E-state index contributed by atoms with van der Waals surface area (Å²) in [4.78, 5) is 2.59. The molecule has 1 atom stereocenters. The number of methoxy groups -OCH3 is 1. The van der Waals surface area contributed by atoms with E-state index in [0.29, 0.717) is 11.3 Å². The van der Waals surface area contributed by atoms with E-state index < -0.39 is 0 Å². The van der Waals surface area contributed by atoms with Crippen LogP contribution in [-0.4, -0.2) is 44.8 Å². The molecule has 1 unspecified atom stereocenters. The fraction of sp³-hybridized carbons (Fsp3) is 1.00. The first kappa shape index (κ1) is 15.9. The van der Waals surface area contributed by atoms with Crippen molar-refractivity contribution in [2.24, 2.45) is 23.0 Å². The van der Waals surface area contributed by atoms with Gasteiger partial charge in [0, 0.05) is 20.3 Å². The van der Waals surface area contributed by atoms with Crippen LogP contribution in [0.2, 0.25) is 0 Å². The summed E-state index contributed by atoms with van der Waals surface area (Å²) < 4.78 is 5.25. The molecule has 0 saturated carbocycles. The SMILES string of the molecule is COCC1CCN(CC(CN)CC(C)(C)C)CC1. The molecule has 0 radical (unpaired) electrons. The molecule has 2 N–H and O–H groups in total. The van der Waals surface area contributed by atoms with Crippen LogP contribution in [0.1, 0.15) is 40.0 Å². The van der Waals surface area contributed by atoms with E-state index in [4.69, 9.17) is 10.5 Å². The summed E-state index contributed by atoms with van der Waals surface area (Å²) in [5.74, 6) is 1.41. The van der Waals surface area contributed by atoms with Gasteiger partial charge in [-0.2, -0.15) is 0 Å². The first-order chi connectivity index (χ1) is 8.44. The van der Waals surface area contributed by atoms with Crippen LogP contribution in [0.5, 0.6) is 0 Å². The summed E-state index contributed by atoms with van der Waals surface area (Å²) in [6, 6.07) is 0. The van der Waals surface area contributed by atoms with E-state index in [0.717, 1.165) is 19.1 Å². The Morgan fingerprint density at radius 3 is 2.33 bits per heavy atom. The molecule has 0 aromatic rings. The van der Waals surface area contributed by atoms with Crippen LogP contribution in [0.4, 0.5) is 0 Å². The normalized spacial score (nSPS) is 21.2. The van der Waals surface area contributed by atoms with Gasteiger partial charge < -0.3 is 15.4 Å². The van der Waals surface area contributed by atoms with Gasteiger partial charge in [0.25, 0.3) is 0 Å². The zero-order valence-corrected chi connectivity index (χ0v) is 12.7. The molecule has 0 spiro atoms. The van der Waals surface area contributed by atoms with Gasteiger partial charge in [-0.15, -0.1) is 0 Å². The highest BCUT2D eigenvalue weighted by molar-refractivity contribution is 4.77. The number of hydrogen-bond donors (Lipinski definition) is 1. The summed E-state index contributed by atoms with van der Waals surface area (Å²) in [6.45, 7) is 12.3. The summed E-state index contributed by atoms with van der Waals surface area (Å²) in [5, 5.41) is 0. The summed E-state index contributed by atoms with van der Waals surface area (Å²) >= 11 is 0. The second-order valence-electron chi connectivity index (χ2n) is 7.07. The maximum atomic E-state index is 5.93. The van der Waals surface area contributed by atoms with Gasteiger partial charge in [0.2, 0.25) is 0 Å². The number of nitrogens with zero attached hydrogens (tertiary/aromatic N) is 1. The highest BCUT2D eigenvalue weighted by atomic mass is 16.5. The van der Waals surface area contributed by atoms with Crippen molar-refractivity contribution >= 4 is 0 Å². The van der Waals surface area contributed by atoms with E-state index >= 15 is 0 Å². The number of hydrogen-bond acceptors (Lipinski definition) is 3. The first-order valence-corrected chi connectivity index (χ1v) is 7.36. The number of ether oxygens (including phenoxy) is 1. The largest absolute Gasteiger partial charge is 0.384 e. The van der Waals surface area contributed by atoms with Gasteiger partial charge in [0.1, 0.15) is 0 Å². The second kappa shape index (κ2) is 7.46. The molecule has 1 heterocycles. The summed E-state index contributed by atoms with van der Waals surface area (Å²) in [7, 11) is 1.81. The van der Waals surface area contributed by atoms with E-state index in [2.05, 4.69) is 25.7 Å². The van der Waals surface area contributed by atoms with E-state index in [1.165, 1.54) is 38.9 Å². The monoisotopic (exact) mass is 256 g/mol. The fourth-order valence-corrected chi connectivity index (χ4v) is 3.02. The molecule has 3 heteroatoms. The van der Waals surface area contributed by atoms with Crippen molar-refractivity contribution in [3.05, 3.63) is 0 Å².